The zero-order chi connectivity index (χ0) is 18.8. The van der Waals surface area contributed by atoms with E-state index in [0.717, 1.165) is 16.7 Å². The Morgan fingerprint density at radius 2 is 1.96 bits per heavy atom. The largest absolute Gasteiger partial charge is 0.496 e. The quantitative estimate of drug-likeness (QED) is 0.708. The molecule has 2 heterocycles. The van der Waals surface area contributed by atoms with Gasteiger partial charge in [0, 0.05) is 29.9 Å². The first-order valence-electron chi connectivity index (χ1n) is 8.50. The number of benzene rings is 2. The van der Waals surface area contributed by atoms with E-state index in [1.807, 2.05) is 36.4 Å². The molecule has 2 aromatic carbocycles. The molecule has 0 aliphatic carbocycles. The molecule has 7 nitrogen and oxygen atoms in total. The summed E-state index contributed by atoms with van der Waals surface area (Å²) in [5.74, 6) is 0.310. The number of hydrogen-bond acceptors (Lipinski definition) is 4. The van der Waals surface area contributed by atoms with Crippen molar-refractivity contribution in [1.29, 1.82) is 0 Å². The number of ether oxygens (including phenoxy) is 1. The van der Waals surface area contributed by atoms with Gasteiger partial charge in [0.15, 0.2) is 0 Å². The summed E-state index contributed by atoms with van der Waals surface area (Å²) in [6, 6.07) is 14.5. The Hall–Kier alpha value is -3.61. The maximum absolute atomic E-state index is 12.8. The van der Waals surface area contributed by atoms with E-state index < -0.39 is 0 Å². The van der Waals surface area contributed by atoms with Crippen molar-refractivity contribution >= 4 is 17.6 Å². The summed E-state index contributed by atoms with van der Waals surface area (Å²) in [4.78, 5) is 28.1. The molecular formula is C20H18N4O3. The highest BCUT2D eigenvalue weighted by molar-refractivity contribution is 6.19. The molecule has 0 unspecified atom stereocenters. The molecule has 1 aromatic heterocycles. The van der Waals surface area contributed by atoms with E-state index >= 15 is 0 Å². The fourth-order valence-electron chi connectivity index (χ4n) is 3.19. The predicted octanol–water partition coefficient (Wildman–Crippen LogP) is 3.05. The van der Waals surface area contributed by atoms with Crippen LogP contribution >= 0.6 is 0 Å². The molecule has 0 saturated carbocycles. The molecule has 4 rings (SSSR count). The average Bonchev–Trinajstić information content (AvgIpc) is 3.31. The molecule has 136 valence electrons. The van der Waals surface area contributed by atoms with E-state index in [4.69, 9.17) is 4.74 Å². The van der Waals surface area contributed by atoms with Crippen molar-refractivity contribution in [1.82, 2.24) is 15.1 Å². The van der Waals surface area contributed by atoms with Gasteiger partial charge in [0.25, 0.3) is 5.91 Å². The molecule has 1 aliphatic heterocycles. The number of methoxy groups -OCH3 is 1. The number of nitrogens with zero attached hydrogens (tertiary/aromatic N) is 3. The molecule has 0 radical (unpaired) electrons. The smallest absolute Gasteiger partial charge is 0.332 e. The molecule has 1 aliphatic rings. The summed E-state index contributed by atoms with van der Waals surface area (Å²) < 4.78 is 5.46. The zero-order valence-corrected chi connectivity index (χ0v) is 14.8. The molecule has 0 spiro atoms. The van der Waals surface area contributed by atoms with Gasteiger partial charge in [-0.05, 0) is 17.7 Å². The van der Waals surface area contributed by atoms with Crippen molar-refractivity contribution in [3.63, 3.8) is 0 Å². The Balaban J connectivity index is 1.61. The average molecular weight is 362 g/mol. The lowest BCUT2D eigenvalue weighted by Crippen LogP contribution is -2.32. The minimum absolute atomic E-state index is 0.0551. The summed E-state index contributed by atoms with van der Waals surface area (Å²) in [5.41, 5.74) is 3.16. The fraction of sp³-hybridized carbons (Fsp3) is 0.150. The van der Waals surface area contributed by atoms with Crippen LogP contribution in [-0.4, -0.2) is 40.7 Å². The van der Waals surface area contributed by atoms with Crippen LogP contribution in [-0.2, 0) is 11.3 Å². The first-order chi connectivity index (χ1) is 13.2. The number of nitrogens with one attached hydrogen (secondary N) is 1. The highest BCUT2D eigenvalue weighted by Gasteiger charge is 2.37. The number of rotatable bonds is 5. The standard InChI is InChI=1S/C20H18N4O3/c1-27-18-9-16(7-8-17(18)15-10-21-22-11-15)24-19(25)13-23(20(24)26)12-14-5-3-2-4-6-14/h2-11H,12-13H2,1H3,(H,21,22). The van der Waals surface area contributed by atoms with Gasteiger partial charge >= 0.3 is 6.03 Å². The van der Waals surface area contributed by atoms with Gasteiger partial charge in [-0.1, -0.05) is 30.3 Å². The lowest BCUT2D eigenvalue weighted by molar-refractivity contribution is -0.116. The van der Waals surface area contributed by atoms with Crippen LogP contribution in [0.15, 0.2) is 60.9 Å². The molecule has 3 aromatic rings. The maximum atomic E-state index is 12.8. The number of carbonyl (C=O) groups excluding carboxylic acids is 2. The van der Waals surface area contributed by atoms with Crippen LogP contribution in [0.1, 0.15) is 5.56 Å². The number of carbonyl (C=O) groups is 2. The van der Waals surface area contributed by atoms with E-state index in [0.29, 0.717) is 18.0 Å². The number of aromatic nitrogens is 2. The second kappa shape index (κ2) is 6.95. The van der Waals surface area contributed by atoms with Crippen molar-refractivity contribution in [2.45, 2.75) is 6.54 Å². The summed E-state index contributed by atoms with van der Waals surface area (Å²) in [6.45, 7) is 0.450. The molecule has 1 fully saturated rings. The Morgan fingerprint density at radius 1 is 1.15 bits per heavy atom. The predicted molar refractivity (Wildman–Crippen MR) is 100 cm³/mol. The van der Waals surface area contributed by atoms with Crippen molar-refractivity contribution in [3.8, 4) is 16.9 Å². The Kier molecular flexibility index (Phi) is 4.33. The molecule has 1 saturated heterocycles. The molecule has 3 amide bonds. The highest BCUT2D eigenvalue weighted by atomic mass is 16.5. The molecule has 1 N–H and O–H groups in total. The van der Waals surface area contributed by atoms with Gasteiger partial charge in [-0.15, -0.1) is 0 Å². The van der Waals surface area contributed by atoms with Crippen LogP contribution in [0.25, 0.3) is 11.1 Å². The number of H-pyrrole nitrogens is 1. The van der Waals surface area contributed by atoms with Crippen molar-refractivity contribution in [2.24, 2.45) is 0 Å². The number of urea groups is 1. The van der Waals surface area contributed by atoms with E-state index in [-0.39, 0.29) is 18.5 Å². The summed E-state index contributed by atoms with van der Waals surface area (Å²) >= 11 is 0. The number of aromatic amines is 1. The molecule has 0 atom stereocenters. The van der Waals surface area contributed by atoms with Gasteiger partial charge in [-0.3, -0.25) is 9.89 Å². The Labute approximate surface area is 156 Å². The van der Waals surface area contributed by atoms with E-state index in [9.17, 15) is 9.59 Å². The molecular weight excluding hydrogens is 344 g/mol. The fourth-order valence-corrected chi connectivity index (χ4v) is 3.19. The number of anilines is 1. The lowest BCUT2D eigenvalue weighted by Gasteiger charge is -2.18. The Bertz CT molecular complexity index is 970. The highest BCUT2D eigenvalue weighted by Crippen LogP contribution is 2.34. The summed E-state index contributed by atoms with van der Waals surface area (Å²) in [7, 11) is 1.55. The second-order valence-corrected chi connectivity index (χ2v) is 6.22. The normalized spacial score (nSPS) is 14.1. The molecule has 7 heteroatoms. The van der Waals surface area contributed by atoms with Gasteiger partial charge in [0.2, 0.25) is 0 Å². The van der Waals surface area contributed by atoms with Gasteiger partial charge in [-0.25, -0.2) is 9.69 Å². The zero-order valence-electron chi connectivity index (χ0n) is 14.8. The van der Waals surface area contributed by atoms with Crippen LogP contribution in [0, 0.1) is 0 Å². The molecule has 27 heavy (non-hydrogen) atoms. The number of amides is 3. The SMILES string of the molecule is COc1cc(N2C(=O)CN(Cc3ccccc3)C2=O)ccc1-c1cn[nH]c1. The molecule has 0 bridgehead atoms. The van der Waals surface area contributed by atoms with Crippen LogP contribution in [0.4, 0.5) is 10.5 Å². The van der Waals surface area contributed by atoms with Crippen molar-refractivity contribution < 1.29 is 14.3 Å². The third-order valence-corrected chi connectivity index (χ3v) is 4.51. The minimum Gasteiger partial charge on any atom is -0.496 e. The topological polar surface area (TPSA) is 78.5 Å². The van der Waals surface area contributed by atoms with E-state index in [2.05, 4.69) is 10.2 Å². The first-order valence-corrected chi connectivity index (χ1v) is 8.50. The first kappa shape index (κ1) is 16.8. The monoisotopic (exact) mass is 362 g/mol. The summed E-state index contributed by atoms with van der Waals surface area (Å²) in [6.07, 6.45) is 3.44. The van der Waals surface area contributed by atoms with Crippen molar-refractivity contribution in [3.05, 3.63) is 66.5 Å². The van der Waals surface area contributed by atoms with Crippen molar-refractivity contribution in [2.75, 3.05) is 18.6 Å². The van der Waals surface area contributed by atoms with Gasteiger partial charge in [-0.2, -0.15) is 5.10 Å². The third-order valence-electron chi connectivity index (χ3n) is 4.51. The number of imide groups is 1. The second-order valence-electron chi connectivity index (χ2n) is 6.22. The Morgan fingerprint density at radius 3 is 2.67 bits per heavy atom. The van der Waals surface area contributed by atoms with E-state index in [1.54, 1.807) is 31.6 Å². The number of hydrogen-bond donors (Lipinski definition) is 1. The van der Waals surface area contributed by atoms with E-state index in [1.165, 1.54) is 9.80 Å². The van der Waals surface area contributed by atoms with Crippen LogP contribution < -0.4 is 9.64 Å². The lowest BCUT2D eigenvalue weighted by atomic mass is 10.1. The minimum atomic E-state index is -0.332. The van der Waals surface area contributed by atoms with Crippen LogP contribution in [0.5, 0.6) is 5.75 Å². The van der Waals surface area contributed by atoms with Gasteiger partial charge in [0.05, 0.1) is 19.0 Å². The van der Waals surface area contributed by atoms with Gasteiger partial charge in [0.1, 0.15) is 12.3 Å². The third kappa shape index (κ3) is 3.15. The van der Waals surface area contributed by atoms with Crippen LogP contribution in [0.2, 0.25) is 0 Å². The van der Waals surface area contributed by atoms with Crippen LogP contribution in [0.3, 0.4) is 0 Å². The maximum Gasteiger partial charge on any atom is 0.332 e. The summed E-state index contributed by atoms with van der Waals surface area (Å²) in [5, 5.41) is 6.70. The van der Waals surface area contributed by atoms with Gasteiger partial charge < -0.3 is 9.64 Å².